The lowest BCUT2D eigenvalue weighted by Crippen LogP contribution is -2.50. The largest absolute Gasteiger partial charge is 0.444 e. The van der Waals surface area contributed by atoms with Crippen LogP contribution in [-0.4, -0.2) is 57.4 Å². The zero-order valence-corrected chi connectivity index (χ0v) is 18.6. The quantitative estimate of drug-likeness (QED) is 0.629. The maximum Gasteiger partial charge on any atom is 0.410 e. The summed E-state index contributed by atoms with van der Waals surface area (Å²) < 4.78 is 7.35. The molecule has 1 fully saturated rings. The number of rotatable bonds is 3. The van der Waals surface area contributed by atoms with Gasteiger partial charge in [-0.3, -0.25) is 0 Å². The number of ether oxygens (including phenoxy) is 1. The average Bonchev–Trinajstić information content (AvgIpc) is 3.15. The van der Waals surface area contributed by atoms with E-state index in [9.17, 15) is 4.79 Å². The Balaban J connectivity index is 1.50. The van der Waals surface area contributed by atoms with Crippen molar-refractivity contribution >= 4 is 23.5 Å². The Morgan fingerprint density at radius 1 is 1.13 bits per heavy atom. The Morgan fingerprint density at radius 3 is 2.52 bits per heavy atom. The molecule has 2 aromatic heterocycles. The number of nitrogens with zero attached hydrogens (tertiary/aromatic N) is 5. The van der Waals surface area contributed by atoms with Crippen molar-refractivity contribution in [2.45, 2.75) is 33.3 Å². The second-order valence-corrected chi connectivity index (χ2v) is 8.83. The molecular formula is C24H29N5O2. The van der Waals surface area contributed by atoms with Crippen molar-refractivity contribution in [3.8, 4) is 11.3 Å². The number of benzene rings is 1. The SMILES string of the molecule is C=Cc1ccc2ncc(-c3ccc(N4CCN(C(=O)OC(C)(C)C)CC4)c(C)c3)n2n1. The number of carbonyl (C=O) groups excluding carboxylic acids is 1. The summed E-state index contributed by atoms with van der Waals surface area (Å²) in [5.74, 6) is 0. The van der Waals surface area contributed by atoms with Crippen molar-refractivity contribution in [1.82, 2.24) is 19.5 Å². The fourth-order valence-corrected chi connectivity index (χ4v) is 3.82. The smallest absolute Gasteiger partial charge is 0.410 e. The highest BCUT2D eigenvalue weighted by molar-refractivity contribution is 5.70. The number of hydrogen-bond acceptors (Lipinski definition) is 5. The Kier molecular flexibility index (Phi) is 5.43. The molecule has 0 atom stereocenters. The molecule has 162 valence electrons. The Morgan fingerprint density at radius 2 is 1.87 bits per heavy atom. The Labute approximate surface area is 182 Å². The maximum absolute atomic E-state index is 12.3. The molecule has 0 aliphatic carbocycles. The van der Waals surface area contributed by atoms with Gasteiger partial charge in [0.05, 0.1) is 17.6 Å². The van der Waals surface area contributed by atoms with Gasteiger partial charge in [-0.2, -0.15) is 5.10 Å². The monoisotopic (exact) mass is 419 g/mol. The molecule has 0 N–H and O–H groups in total. The first-order valence-corrected chi connectivity index (χ1v) is 10.6. The normalized spacial score (nSPS) is 14.7. The van der Waals surface area contributed by atoms with Gasteiger partial charge in [0, 0.05) is 37.4 Å². The molecular weight excluding hydrogens is 390 g/mol. The van der Waals surface area contributed by atoms with Crippen molar-refractivity contribution in [3.05, 3.63) is 54.4 Å². The summed E-state index contributed by atoms with van der Waals surface area (Å²) in [5, 5.41) is 4.60. The van der Waals surface area contributed by atoms with Gasteiger partial charge in [-0.25, -0.2) is 14.3 Å². The summed E-state index contributed by atoms with van der Waals surface area (Å²) in [6.07, 6.45) is 3.34. The van der Waals surface area contributed by atoms with E-state index in [4.69, 9.17) is 4.74 Å². The number of anilines is 1. The number of piperazine rings is 1. The molecule has 31 heavy (non-hydrogen) atoms. The molecule has 1 saturated heterocycles. The van der Waals surface area contributed by atoms with Crippen LogP contribution in [0.15, 0.2) is 43.1 Å². The van der Waals surface area contributed by atoms with Crippen molar-refractivity contribution in [1.29, 1.82) is 0 Å². The van der Waals surface area contributed by atoms with Crippen molar-refractivity contribution in [3.63, 3.8) is 0 Å². The summed E-state index contributed by atoms with van der Waals surface area (Å²) >= 11 is 0. The average molecular weight is 420 g/mol. The number of aryl methyl sites for hydroxylation is 1. The molecule has 0 bridgehead atoms. The third-order valence-electron chi connectivity index (χ3n) is 5.36. The molecule has 0 spiro atoms. The predicted octanol–water partition coefficient (Wildman–Crippen LogP) is 4.40. The molecule has 1 aliphatic rings. The lowest BCUT2D eigenvalue weighted by Gasteiger charge is -2.37. The number of carbonyl (C=O) groups is 1. The van der Waals surface area contributed by atoms with Crippen molar-refractivity contribution in [2.75, 3.05) is 31.1 Å². The summed E-state index contributed by atoms with van der Waals surface area (Å²) in [5.41, 5.74) is 5.51. The van der Waals surface area contributed by atoms with E-state index >= 15 is 0 Å². The molecule has 0 radical (unpaired) electrons. The summed E-state index contributed by atoms with van der Waals surface area (Å²) in [4.78, 5) is 20.9. The van der Waals surface area contributed by atoms with E-state index in [0.717, 1.165) is 35.7 Å². The fraction of sp³-hybridized carbons (Fsp3) is 0.375. The van der Waals surface area contributed by atoms with Gasteiger partial charge in [-0.1, -0.05) is 12.6 Å². The molecule has 3 heterocycles. The summed E-state index contributed by atoms with van der Waals surface area (Å²) in [7, 11) is 0. The first kappa shape index (κ1) is 20.9. The van der Waals surface area contributed by atoms with Crippen LogP contribution >= 0.6 is 0 Å². The van der Waals surface area contributed by atoms with Crippen LogP contribution in [0.4, 0.5) is 10.5 Å². The molecule has 7 nitrogen and oxygen atoms in total. The molecule has 0 unspecified atom stereocenters. The second-order valence-electron chi connectivity index (χ2n) is 8.83. The van der Waals surface area contributed by atoms with Gasteiger partial charge < -0.3 is 14.5 Å². The fourth-order valence-electron chi connectivity index (χ4n) is 3.82. The third-order valence-corrected chi connectivity index (χ3v) is 5.36. The number of hydrogen-bond donors (Lipinski definition) is 0. The van der Waals surface area contributed by atoms with Crippen molar-refractivity contribution in [2.24, 2.45) is 0 Å². The second kappa shape index (κ2) is 8.06. The van der Waals surface area contributed by atoms with Gasteiger partial charge in [-0.15, -0.1) is 0 Å². The van der Waals surface area contributed by atoms with Crippen molar-refractivity contribution < 1.29 is 9.53 Å². The number of fused-ring (bicyclic) bond motifs is 1. The molecule has 1 aliphatic heterocycles. The van der Waals surface area contributed by atoms with Gasteiger partial charge in [0.1, 0.15) is 5.60 Å². The van der Waals surface area contributed by atoms with E-state index in [1.165, 1.54) is 11.3 Å². The highest BCUT2D eigenvalue weighted by Gasteiger charge is 2.26. The van der Waals surface area contributed by atoms with Crippen LogP contribution in [0.2, 0.25) is 0 Å². The van der Waals surface area contributed by atoms with Crippen LogP contribution < -0.4 is 4.90 Å². The first-order chi connectivity index (χ1) is 14.7. The van der Waals surface area contributed by atoms with Gasteiger partial charge in [0.25, 0.3) is 0 Å². The Hall–Kier alpha value is -3.35. The molecule has 4 rings (SSSR count). The van der Waals surface area contributed by atoms with Crippen LogP contribution in [0.5, 0.6) is 0 Å². The van der Waals surface area contributed by atoms with Gasteiger partial charge in [0.2, 0.25) is 0 Å². The topological polar surface area (TPSA) is 63.0 Å². The van der Waals surface area contributed by atoms with E-state index in [1.807, 2.05) is 43.6 Å². The van der Waals surface area contributed by atoms with Gasteiger partial charge in [-0.05, 0) is 63.6 Å². The minimum atomic E-state index is -0.472. The molecule has 0 saturated carbocycles. The summed E-state index contributed by atoms with van der Waals surface area (Å²) in [6.45, 7) is 14.4. The highest BCUT2D eigenvalue weighted by atomic mass is 16.6. The highest BCUT2D eigenvalue weighted by Crippen LogP contribution is 2.28. The lowest BCUT2D eigenvalue weighted by atomic mass is 10.1. The maximum atomic E-state index is 12.3. The van der Waals surface area contributed by atoms with Gasteiger partial charge in [0.15, 0.2) is 5.65 Å². The number of imidazole rings is 1. The predicted molar refractivity (Wildman–Crippen MR) is 123 cm³/mol. The van der Waals surface area contributed by atoms with Crippen LogP contribution in [0.1, 0.15) is 32.0 Å². The number of amides is 1. The Bertz CT molecular complexity index is 1120. The summed E-state index contributed by atoms with van der Waals surface area (Å²) in [6, 6.07) is 10.3. The zero-order valence-electron chi connectivity index (χ0n) is 18.6. The first-order valence-electron chi connectivity index (χ1n) is 10.6. The van der Waals surface area contributed by atoms with E-state index in [2.05, 4.69) is 46.7 Å². The van der Waals surface area contributed by atoms with E-state index in [0.29, 0.717) is 13.1 Å². The van der Waals surface area contributed by atoms with Crippen LogP contribution in [0.25, 0.3) is 23.0 Å². The zero-order chi connectivity index (χ0) is 22.2. The molecule has 1 aromatic carbocycles. The van der Waals surface area contributed by atoms with E-state index in [-0.39, 0.29) is 6.09 Å². The third kappa shape index (κ3) is 4.40. The molecule has 1 amide bonds. The lowest BCUT2D eigenvalue weighted by molar-refractivity contribution is 0.0240. The van der Waals surface area contributed by atoms with Gasteiger partial charge >= 0.3 is 6.09 Å². The minimum absolute atomic E-state index is 0.238. The standard InChI is InChI=1S/C24H29N5O2/c1-6-19-8-10-22-25-16-21(29(22)26-19)18-7-9-20(17(2)15-18)27-11-13-28(14-12-27)23(30)31-24(3,4)5/h6-10,15-16H,1,11-14H2,2-5H3. The van der Waals surface area contributed by atoms with E-state index in [1.54, 1.807) is 11.0 Å². The molecule has 3 aromatic rings. The van der Waals surface area contributed by atoms with Crippen LogP contribution in [0, 0.1) is 6.92 Å². The number of aromatic nitrogens is 3. The minimum Gasteiger partial charge on any atom is -0.444 e. The van der Waals surface area contributed by atoms with Crippen LogP contribution in [0.3, 0.4) is 0 Å². The molecule has 7 heteroatoms. The van der Waals surface area contributed by atoms with Crippen LogP contribution in [-0.2, 0) is 4.74 Å². The van der Waals surface area contributed by atoms with E-state index < -0.39 is 5.60 Å².